The molecular formula is C15H17NO5-2. The molecule has 6 nitrogen and oxygen atoms in total. The minimum atomic E-state index is -1.38. The van der Waals surface area contributed by atoms with Gasteiger partial charge in [-0.25, -0.2) is 0 Å². The number of para-hydroxylation sites is 1. The molecule has 0 saturated heterocycles. The Morgan fingerprint density at radius 1 is 1.14 bits per heavy atom. The molecule has 1 atom stereocenters. The highest BCUT2D eigenvalue weighted by molar-refractivity contribution is 5.99. The molecule has 0 fully saturated rings. The van der Waals surface area contributed by atoms with Gasteiger partial charge in [0, 0.05) is 23.6 Å². The number of carboxylic acid groups (broad SMARTS) is 2. The number of nitrogens with one attached hydrogen (secondary N) is 1. The van der Waals surface area contributed by atoms with Crippen molar-refractivity contribution < 1.29 is 24.6 Å². The first-order valence-electron chi connectivity index (χ1n) is 6.76. The molecule has 0 aromatic heterocycles. The Kier molecular flexibility index (Phi) is 6.39. The van der Waals surface area contributed by atoms with Gasteiger partial charge < -0.3 is 25.1 Å². The lowest BCUT2D eigenvalue weighted by molar-refractivity contribution is -0.312. The number of anilines is 1. The largest absolute Gasteiger partial charge is 0.550 e. The normalized spacial score (nSPS) is 11.7. The van der Waals surface area contributed by atoms with E-state index in [9.17, 15) is 24.6 Å². The van der Waals surface area contributed by atoms with Crippen molar-refractivity contribution in [2.45, 2.75) is 32.6 Å². The number of benzene rings is 1. The van der Waals surface area contributed by atoms with Crippen LogP contribution in [0.2, 0.25) is 0 Å². The van der Waals surface area contributed by atoms with E-state index in [1.54, 1.807) is 6.07 Å². The third kappa shape index (κ3) is 5.25. The second-order valence-corrected chi connectivity index (χ2v) is 4.72. The highest BCUT2D eigenvalue weighted by atomic mass is 16.4. The molecule has 114 valence electrons. The lowest BCUT2D eigenvalue weighted by atomic mass is 9.98. The lowest BCUT2D eigenvalue weighted by Gasteiger charge is -2.17. The summed E-state index contributed by atoms with van der Waals surface area (Å²) >= 11 is 0. The zero-order chi connectivity index (χ0) is 15.8. The summed E-state index contributed by atoms with van der Waals surface area (Å²) in [4.78, 5) is 33.6. The first kappa shape index (κ1) is 16.7. The number of hydrogen-bond donors (Lipinski definition) is 1. The Morgan fingerprint density at radius 3 is 2.38 bits per heavy atom. The maximum atomic E-state index is 11.8. The Hall–Kier alpha value is -2.37. The summed E-state index contributed by atoms with van der Waals surface area (Å²) in [5.74, 6) is -3.66. The van der Waals surface area contributed by atoms with Gasteiger partial charge in [-0.05, 0) is 24.8 Å². The number of amides is 1. The lowest BCUT2D eigenvalue weighted by Crippen LogP contribution is -2.32. The third-order valence-corrected chi connectivity index (χ3v) is 3.11. The summed E-state index contributed by atoms with van der Waals surface area (Å²) in [5.41, 5.74) is 0.0267. The number of rotatable bonds is 8. The van der Waals surface area contributed by atoms with Crippen molar-refractivity contribution in [1.29, 1.82) is 0 Å². The highest BCUT2D eigenvalue weighted by Gasteiger charge is 2.13. The Bertz CT molecular complexity index is 527. The highest BCUT2D eigenvalue weighted by Crippen LogP contribution is 2.17. The number of carboxylic acids is 2. The van der Waals surface area contributed by atoms with Crippen LogP contribution < -0.4 is 15.5 Å². The van der Waals surface area contributed by atoms with Crippen LogP contribution in [0.5, 0.6) is 0 Å². The van der Waals surface area contributed by atoms with Crippen LogP contribution in [0.3, 0.4) is 0 Å². The second-order valence-electron chi connectivity index (χ2n) is 4.72. The van der Waals surface area contributed by atoms with Crippen LogP contribution in [0.25, 0.3) is 0 Å². The molecule has 1 aromatic rings. The molecule has 6 heteroatoms. The van der Waals surface area contributed by atoms with E-state index in [2.05, 4.69) is 5.32 Å². The fraction of sp³-hybridized carbons (Fsp3) is 0.400. The molecule has 0 radical (unpaired) electrons. The smallest absolute Gasteiger partial charge is 0.224 e. The van der Waals surface area contributed by atoms with Gasteiger partial charge in [0.1, 0.15) is 0 Å². The Morgan fingerprint density at radius 2 is 1.81 bits per heavy atom. The molecule has 0 aliphatic heterocycles. The van der Waals surface area contributed by atoms with E-state index in [4.69, 9.17) is 0 Å². The van der Waals surface area contributed by atoms with Gasteiger partial charge in [-0.2, -0.15) is 0 Å². The maximum absolute atomic E-state index is 11.8. The average molecular weight is 291 g/mol. The van der Waals surface area contributed by atoms with E-state index < -0.39 is 23.8 Å². The summed E-state index contributed by atoms with van der Waals surface area (Å²) in [5, 5.41) is 24.2. The molecule has 1 rings (SSSR count). The van der Waals surface area contributed by atoms with Gasteiger partial charge in [0.15, 0.2) is 0 Å². The standard InChI is InChI=1S/C15H19NO5/c1-2-5-10(14(18)19)8-9-13(17)16-12-7-4-3-6-11(12)15(20)21/h3-4,6-7,10H,2,5,8-9H2,1H3,(H,16,17)(H,18,19)(H,20,21)/p-2/t10-/m1/s1. The summed E-state index contributed by atoms with van der Waals surface area (Å²) in [6.07, 6.45) is 1.29. The number of aliphatic carboxylic acids is 1. The van der Waals surface area contributed by atoms with Crippen molar-refractivity contribution in [2.75, 3.05) is 5.32 Å². The van der Waals surface area contributed by atoms with E-state index in [1.807, 2.05) is 6.92 Å². The van der Waals surface area contributed by atoms with Gasteiger partial charge >= 0.3 is 0 Å². The van der Waals surface area contributed by atoms with Crippen molar-refractivity contribution in [2.24, 2.45) is 5.92 Å². The van der Waals surface area contributed by atoms with Crippen LogP contribution >= 0.6 is 0 Å². The molecule has 1 N–H and O–H groups in total. The van der Waals surface area contributed by atoms with Crippen molar-refractivity contribution in [3.8, 4) is 0 Å². The van der Waals surface area contributed by atoms with Crippen LogP contribution in [-0.4, -0.2) is 17.8 Å². The topological polar surface area (TPSA) is 109 Å². The molecule has 0 saturated carbocycles. The average Bonchev–Trinajstić information content (AvgIpc) is 2.43. The van der Waals surface area contributed by atoms with Crippen molar-refractivity contribution in [3.63, 3.8) is 0 Å². The van der Waals surface area contributed by atoms with Crippen LogP contribution in [0.1, 0.15) is 43.0 Å². The van der Waals surface area contributed by atoms with E-state index in [1.165, 1.54) is 18.2 Å². The Labute approximate surface area is 122 Å². The summed E-state index contributed by atoms with van der Waals surface area (Å²) < 4.78 is 0. The van der Waals surface area contributed by atoms with Gasteiger partial charge in [0.25, 0.3) is 0 Å². The molecule has 1 amide bonds. The van der Waals surface area contributed by atoms with Crippen molar-refractivity contribution in [1.82, 2.24) is 0 Å². The van der Waals surface area contributed by atoms with E-state index in [-0.39, 0.29) is 24.1 Å². The van der Waals surface area contributed by atoms with E-state index in [0.717, 1.165) is 0 Å². The predicted octanol–water partition coefficient (Wildman–Crippen LogP) is -0.0650. The summed E-state index contributed by atoms with van der Waals surface area (Å²) in [7, 11) is 0. The fourth-order valence-electron chi connectivity index (χ4n) is 2.02. The van der Waals surface area contributed by atoms with Crippen molar-refractivity contribution >= 4 is 23.5 Å². The van der Waals surface area contributed by atoms with Gasteiger partial charge in [0.05, 0.1) is 5.97 Å². The van der Waals surface area contributed by atoms with E-state index in [0.29, 0.717) is 12.8 Å². The molecule has 1 aromatic carbocycles. The zero-order valence-corrected chi connectivity index (χ0v) is 11.8. The molecule has 0 heterocycles. The maximum Gasteiger partial charge on any atom is 0.224 e. The van der Waals surface area contributed by atoms with Gasteiger partial charge in [-0.1, -0.05) is 31.5 Å². The molecule has 0 unspecified atom stereocenters. The second kappa shape index (κ2) is 8.04. The van der Waals surface area contributed by atoms with Gasteiger partial charge in [0.2, 0.25) is 5.91 Å². The van der Waals surface area contributed by atoms with Crippen LogP contribution in [0, 0.1) is 5.92 Å². The first-order valence-corrected chi connectivity index (χ1v) is 6.76. The fourth-order valence-corrected chi connectivity index (χ4v) is 2.02. The van der Waals surface area contributed by atoms with E-state index >= 15 is 0 Å². The van der Waals surface area contributed by atoms with Crippen LogP contribution in [-0.2, 0) is 9.59 Å². The number of aromatic carboxylic acids is 1. The number of carbonyl (C=O) groups excluding carboxylic acids is 3. The van der Waals surface area contributed by atoms with Gasteiger partial charge in [-0.3, -0.25) is 4.79 Å². The minimum Gasteiger partial charge on any atom is -0.550 e. The minimum absolute atomic E-state index is 0.0139. The number of carbonyl (C=O) groups is 3. The molecular weight excluding hydrogens is 274 g/mol. The molecule has 0 bridgehead atoms. The zero-order valence-electron chi connectivity index (χ0n) is 11.8. The van der Waals surface area contributed by atoms with Gasteiger partial charge in [-0.15, -0.1) is 0 Å². The van der Waals surface area contributed by atoms with Crippen molar-refractivity contribution in [3.05, 3.63) is 29.8 Å². The molecule has 21 heavy (non-hydrogen) atoms. The number of hydrogen-bond acceptors (Lipinski definition) is 5. The van der Waals surface area contributed by atoms with Crippen LogP contribution in [0.4, 0.5) is 5.69 Å². The molecule has 0 spiro atoms. The predicted molar refractivity (Wildman–Crippen MR) is 72.0 cm³/mol. The Balaban J connectivity index is 2.62. The third-order valence-electron chi connectivity index (χ3n) is 3.11. The molecule has 0 aliphatic carbocycles. The van der Waals surface area contributed by atoms with Crippen LogP contribution in [0.15, 0.2) is 24.3 Å². The quantitative estimate of drug-likeness (QED) is 0.721. The SMILES string of the molecule is CCC[C@H](CCC(=O)Nc1ccccc1C(=O)[O-])C(=O)[O-]. The summed E-state index contributed by atoms with van der Waals surface area (Å²) in [6.45, 7) is 1.85. The summed E-state index contributed by atoms with van der Waals surface area (Å²) in [6, 6.07) is 5.88. The monoisotopic (exact) mass is 291 g/mol. The first-order chi connectivity index (χ1) is 9.95. The molecule has 0 aliphatic rings.